The maximum absolute atomic E-state index is 13.0. The molecule has 3 aliphatic heterocycles. The molecule has 29 heavy (non-hydrogen) atoms. The van der Waals surface area contributed by atoms with Gasteiger partial charge in [0.25, 0.3) is 0 Å². The molecule has 0 aromatic carbocycles. The van der Waals surface area contributed by atoms with Gasteiger partial charge in [-0.15, -0.1) is 0 Å². The molecule has 2 bridgehead atoms. The second-order valence-corrected chi connectivity index (χ2v) is 12.5. The minimum absolute atomic E-state index is 0.0584. The molecule has 0 aromatic heterocycles. The fourth-order valence-corrected chi connectivity index (χ4v) is 8.72. The number of piperidine rings is 2. The Balaban J connectivity index is 1.33. The minimum atomic E-state index is 0.0584. The fourth-order valence-electron chi connectivity index (χ4n) is 8.72. The van der Waals surface area contributed by atoms with Gasteiger partial charge in [-0.25, -0.2) is 0 Å². The number of hydrogen-bond acceptors (Lipinski definition) is 4. The summed E-state index contributed by atoms with van der Waals surface area (Å²) in [6.07, 6.45) is 7.29. The van der Waals surface area contributed by atoms with E-state index in [-0.39, 0.29) is 18.0 Å². The average molecular weight is 401 g/mol. The quantitative estimate of drug-likeness (QED) is 0.519. The molecule has 3 heterocycles. The summed E-state index contributed by atoms with van der Waals surface area (Å²) in [6, 6.07) is 0. The predicted octanol–water partition coefficient (Wildman–Crippen LogP) is 3.96. The third-order valence-corrected chi connectivity index (χ3v) is 9.14. The lowest BCUT2D eigenvalue weighted by Crippen LogP contribution is -2.62. The molecule has 2 aliphatic carbocycles. The van der Waals surface area contributed by atoms with Crippen LogP contribution in [-0.2, 0) is 9.53 Å². The van der Waals surface area contributed by atoms with Crippen LogP contribution in [0, 0.1) is 34.0 Å². The van der Waals surface area contributed by atoms with Crippen LogP contribution in [0.25, 0.3) is 0 Å². The third kappa shape index (κ3) is 3.39. The van der Waals surface area contributed by atoms with E-state index in [9.17, 15) is 4.79 Å². The van der Waals surface area contributed by atoms with Gasteiger partial charge in [0.1, 0.15) is 6.10 Å². The van der Waals surface area contributed by atoms with Crippen LogP contribution in [0.2, 0.25) is 0 Å². The van der Waals surface area contributed by atoms with E-state index in [0.29, 0.717) is 28.1 Å². The van der Waals surface area contributed by atoms with Gasteiger partial charge in [-0.05, 0) is 67.7 Å². The Labute approximate surface area is 177 Å². The summed E-state index contributed by atoms with van der Waals surface area (Å²) in [4.78, 5) is 18.1. The lowest BCUT2D eigenvalue weighted by Gasteiger charge is -2.56. The molecule has 0 N–H and O–H groups in total. The highest BCUT2D eigenvalue weighted by atomic mass is 16.6. The van der Waals surface area contributed by atoms with Crippen molar-refractivity contribution in [2.75, 3.05) is 39.8 Å². The Morgan fingerprint density at radius 3 is 2.52 bits per heavy atom. The summed E-state index contributed by atoms with van der Waals surface area (Å²) in [7, 11) is 2.26. The Kier molecular flexibility index (Phi) is 4.54. The molecule has 4 nitrogen and oxygen atoms in total. The van der Waals surface area contributed by atoms with Crippen molar-refractivity contribution in [2.45, 2.75) is 65.4 Å². The monoisotopic (exact) mass is 400 g/mol. The molecule has 2 saturated carbocycles. The molecular formula is C25H40N2O2. The van der Waals surface area contributed by atoms with E-state index in [1.807, 2.05) is 0 Å². The Hall–Kier alpha value is -0.870. The van der Waals surface area contributed by atoms with Gasteiger partial charge < -0.3 is 14.5 Å². The van der Waals surface area contributed by atoms with E-state index < -0.39 is 0 Å². The van der Waals surface area contributed by atoms with Crippen molar-refractivity contribution in [3.05, 3.63) is 12.2 Å². The van der Waals surface area contributed by atoms with Crippen LogP contribution in [0.4, 0.5) is 0 Å². The van der Waals surface area contributed by atoms with E-state index in [4.69, 9.17) is 4.74 Å². The summed E-state index contributed by atoms with van der Waals surface area (Å²) in [5, 5.41) is 0. The molecule has 0 aromatic rings. The normalized spacial score (nSPS) is 50.8. The molecule has 162 valence electrons. The standard InChI is InChI=1S/C25H40N2O2/c1-17-7-6-8-25(4)10-21-18(9-20(17)25)19(22(28)29-21)11-27-15-23(2)12-24(3,16-27)14-26(5)13-23/h18-21H,1,6-16H2,2-5H3/t18-,19-,20+,21-,23-,24+,25-/m1/s1. The smallest absolute Gasteiger partial charge is 0.310 e. The second-order valence-electron chi connectivity index (χ2n) is 12.5. The zero-order valence-corrected chi connectivity index (χ0v) is 19.0. The molecule has 5 rings (SSSR count). The molecule has 5 aliphatic rings. The predicted molar refractivity (Wildman–Crippen MR) is 115 cm³/mol. The number of ether oxygens (including phenoxy) is 1. The zero-order chi connectivity index (χ0) is 20.6. The SMILES string of the molecule is C=C1CCC[C@]2(C)C[C@H]3OC(=O)[C@H](CN4C[C@]5(C)CN(C)C[C@](C)(C4)C5)[C@H]3C[C@@H]12. The van der Waals surface area contributed by atoms with E-state index in [0.717, 1.165) is 32.5 Å². The zero-order valence-electron chi connectivity index (χ0n) is 19.0. The number of allylic oxidation sites excluding steroid dienone is 1. The number of fused-ring (bicyclic) bond motifs is 4. The van der Waals surface area contributed by atoms with Crippen LogP contribution in [0.1, 0.15) is 59.3 Å². The van der Waals surface area contributed by atoms with E-state index in [1.54, 1.807) is 0 Å². The van der Waals surface area contributed by atoms with E-state index in [2.05, 4.69) is 44.2 Å². The van der Waals surface area contributed by atoms with Gasteiger partial charge in [-0.2, -0.15) is 0 Å². The molecule has 7 atom stereocenters. The van der Waals surface area contributed by atoms with Crippen molar-refractivity contribution >= 4 is 5.97 Å². The molecule has 0 unspecified atom stereocenters. The second kappa shape index (κ2) is 6.56. The first-order valence-corrected chi connectivity index (χ1v) is 11.9. The number of carbonyl (C=O) groups is 1. The van der Waals surface area contributed by atoms with Crippen LogP contribution in [0.3, 0.4) is 0 Å². The number of rotatable bonds is 2. The average Bonchev–Trinajstić information content (AvgIpc) is 2.84. The maximum atomic E-state index is 13.0. The summed E-state index contributed by atoms with van der Waals surface area (Å²) in [5.74, 6) is 1.11. The summed E-state index contributed by atoms with van der Waals surface area (Å²) >= 11 is 0. The summed E-state index contributed by atoms with van der Waals surface area (Å²) in [5.41, 5.74) is 2.40. The van der Waals surface area contributed by atoms with Gasteiger partial charge in [0, 0.05) is 38.6 Å². The van der Waals surface area contributed by atoms with Crippen LogP contribution in [0.5, 0.6) is 0 Å². The maximum Gasteiger partial charge on any atom is 0.310 e. The Morgan fingerprint density at radius 1 is 1.14 bits per heavy atom. The van der Waals surface area contributed by atoms with E-state index in [1.165, 1.54) is 44.3 Å². The Bertz CT molecular complexity index is 702. The highest BCUT2D eigenvalue weighted by molar-refractivity contribution is 5.75. The van der Waals surface area contributed by atoms with Gasteiger partial charge in [-0.3, -0.25) is 4.79 Å². The number of nitrogens with zero attached hydrogens (tertiary/aromatic N) is 2. The molecular weight excluding hydrogens is 360 g/mol. The molecule has 3 saturated heterocycles. The van der Waals surface area contributed by atoms with Gasteiger partial charge in [0.15, 0.2) is 0 Å². The third-order valence-electron chi connectivity index (χ3n) is 9.14. The highest BCUT2D eigenvalue weighted by Gasteiger charge is 2.56. The van der Waals surface area contributed by atoms with Crippen molar-refractivity contribution in [1.82, 2.24) is 9.80 Å². The first kappa shape index (κ1) is 20.1. The van der Waals surface area contributed by atoms with Gasteiger partial charge >= 0.3 is 5.97 Å². The van der Waals surface area contributed by atoms with Crippen LogP contribution in [-0.4, -0.2) is 61.6 Å². The number of carbonyl (C=O) groups excluding carboxylic acids is 1. The number of hydrogen-bond donors (Lipinski definition) is 0. The lowest BCUT2D eigenvalue weighted by molar-refractivity contribution is -0.147. The van der Waals surface area contributed by atoms with Crippen molar-refractivity contribution < 1.29 is 9.53 Å². The molecule has 4 heteroatoms. The van der Waals surface area contributed by atoms with Crippen LogP contribution in [0.15, 0.2) is 12.2 Å². The van der Waals surface area contributed by atoms with Crippen LogP contribution < -0.4 is 0 Å². The molecule has 0 radical (unpaired) electrons. The van der Waals surface area contributed by atoms with Crippen molar-refractivity contribution in [3.8, 4) is 0 Å². The number of esters is 1. The van der Waals surface area contributed by atoms with Gasteiger partial charge in [-0.1, -0.05) is 32.9 Å². The van der Waals surface area contributed by atoms with Crippen LogP contribution >= 0.6 is 0 Å². The van der Waals surface area contributed by atoms with Gasteiger partial charge in [0.2, 0.25) is 0 Å². The van der Waals surface area contributed by atoms with Crippen molar-refractivity contribution in [2.24, 2.45) is 34.0 Å². The summed E-state index contributed by atoms with van der Waals surface area (Å²) in [6.45, 7) is 17.2. The van der Waals surface area contributed by atoms with Crippen molar-refractivity contribution in [1.29, 1.82) is 0 Å². The Morgan fingerprint density at radius 2 is 1.83 bits per heavy atom. The van der Waals surface area contributed by atoms with E-state index >= 15 is 0 Å². The first-order valence-electron chi connectivity index (χ1n) is 11.9. The molecule has 0 amide bonds. The van der Waals surface area contributed by atoms with Crippen molar-refractivity contribution in [3.63, 3.8) is 0 Å². The fraction of sp³-hybridized carbons (Fsp3) is 0.880. The first-order chi connectivity index (χ1) is 13.6. The molecule has 5 fully saturated rings. The van der Waals surface area contributed by atoms with Gasteiger partial charge in [0.05, 0.1) is 5.92 Å². The number of likely N-dealkylation sites (tertiary alicyclic amines) is 2. The molecule has 0 spiro atoms. The largest absolute Gasteiger partial charge is 0.462 e. The highest BCUT2D eigenvalue weighted by Crippen LogP contribution is 2.57. The summed E-state index contributed by atoms with van der Waals surface area (Å²) < 4.78 is 6.03. The lowest BCUT2D eigenvalue weighted by atomic mass is 9.55. The minimum Gasteiger partial charge on any atom is -0.462 e. The topological polar surface area (TPSA) is 32.8 Å².